The number of imide groups is 1. The monoisotopic (exact) mass is 269 g/mol. The minimum absolute atomic E-state index is 0.0671. The van der Waals surface area contributed by atoms with E-state index in [2.05, 4.69) is 0 Å². The van der Waals surface area contributed by atoms with E-state index in [1.165, 1.54) is 13.0 Å². The van der Waals surface area contributed by atoms with Crippen LogP contribution in [0.25, 0.3) is 0 Å². The number of allylic oxidation sites excluding steroid dienone is 1. The second-order valence-corrected chi connectivity index (χ2v) is 5.76. The zero-order valence-electron chi connectivity index (χ0n) is 12.4. The Morgan fingerprint density at radius 1 is 1.42 bits per heavy atom. The molecule has 0 bridgehead atoms. The second-order valence-electron chi connectivity index (χ2n) is 5.76. The number of amides is 2. The summed E-state index contributed by atoms with van der Waals surface area (Å²) in [7, 11) is 0. The van der Waals surface area contributed by atoms with Crippen LogP contribution in [0.15, 0.2) is 11.6 Å². The quantitative estimate of drug-likeness (QED) is 0.797. The summed E-state index contributed by atoms with van der Waals surface area (Å²) in [5.41, 5.74) is -0.515. The molecule has 0 aliphatic carbocycles. The summed E-state index contributed by atoms with van der Waals surface area (Å²) in [6, 6.07) is -0.346. The molecule has 1 rings (SSSR count). The van der Waals surface area contributed by atoms with E-state index in [9.17, 15) is 14.7 Å². The van der Waals surface area contributed by atoms with Gasteiger partial charge in [0.05, 0.1) is 12.1 Å². The Kier molecular flexibility index (Phi) is 4.40. The standard InChI is InChI=1S/C14H23NO4/c1-7-10(9(4)16)12(17)15-11(8(2)3)14(5,6)19-13(15)18/h7-9,11,16H,1-6H3/b10-7+. The van der Waals surface area contributed by atoms with Crippen molar-refractivity contribution in [3.8, 4) is 0 Å². The minimum Gasteiger partial charge on any atom is -0.441 e. The summed E-state index contributed by atoms with van der Waals surface area (Å²) in [6.45, 7) is 10.6. The lowest BCUT2D eigenvalue weighted by Crippen LogP contribution is -2.49. The predicted molar refractivity (Wildman–Crippen MR) is 71.5 cm³/mol. The topological polar surface area (TPSA) is 66.8 Å². The molecule has 1 fully saturated rings. The first-order valence-electron chi connectivity index (χ1n) is 6.54. The van der Waals surface area contributed by atoms with Gasteiger partial charge in [-0.2, -0.15) is 0 Å². The number of cyclic esters (lactones) is 1. The van der Waals surface area contributed by atoms with Crippen LogP contribution < -0.4 is 0 Å². The molecule has 5 nitrogen and oxygen atoms in total. The molecule has 5 heteroatoms. The van der Waals surface area contributed by atoms with E-state index in [0.717, 1.165) is 4.90 Å². The van der Waals surface area contributed by atoms with Crippen LogP contribution in [0.2, 0.25) is 0 Å². The number of rotatable bonds is 3. The average molecular weight is 269 g/mol. The first kappa shape index (κ1) is 15.7. The van der Waals surface area contributed by atoms with E-state index < -0.39 is 23.7 Å². The zero-order chi connectivity index (χ0) is 15.0. The Labute approximate surface area is 114 Å². The van der Waals surface area contributed by atoms with Crippen LogP contribution in [0.4, 0.5) is 4.79 Å². The lowest BCUT2D eigenvalue weighted by atomic mass is 9.88. The molecule has 2 amide bonds. The van der Waals surface area contributed by atoms with Gasteiger partial charge in [-0.05, 0) is 33.6 Å². The number of ether oxygens (including phenoxy) is 1. The number of aliphatic hydroxyl groups excluding tert-OH is 1. The van der Waals surface area contributed by atoms with E-state index in [4.69, 9.17) is 4.74 Å². The molecule has 0 aromatic heterocycles. The third-order valence-corrected chi connectivity index (χ3v) is 3.40. The summed E-state index contributed by atoms with van der Waals surface area (Å²) in [6.07, 6.45) is -0.0290. The molecule has 0 spiro atoms. The van der Waals surface area contributed by atoms with Crippen molar-refractivity contribution in [2.24, 2.45) is 5.92 Å². The largest absolute Gasteiger partial charge is 0.441 e. The molecule has 0 radical (unpaired) electrons. The lowest BCUT2D eigenvalue weighted by Gasteiger charge is -2.31. The van der Waals surface area contributed by atoms with Crippen molar-refractivity contribution in [3.05, 3.63) is 11.6 Å². The third kappa shape index (κ3) is 2.81. The van der Waals surface area contributed by atoms with Crippen molar-refractivity contribution in [1.82, 2.24) is 4.90 Å². The zero-order valence-corrected chi connectivity index (χ0v) is 12.4. The Balaban J connectivity index is 3.17. The first-order valence-corrected chi connectivity index (χ1v) is 6.54. The third-order valence-electron chi connectivity index (χ3n) is 3.40. The van der Waals surface area contributed by atoms with Crippen LogP contribution in [0.3, 0.4) is 0 Å². The van der Waals surface area contributed by atoms with E-state index in [1.54, 1.807) is 20.8 Å². The molecule has 0 aromatic rings. The van der Waals surface area contributed by atoms with Gasteiger partial charge in [-0.3, -0.25) is 4.79 Å². The summed E-state index contributed by atoms with van der Waals surface area (Å²) in [5, 5.41) is 9.62. The van der Waals surface area contributed by atoms with Gasteiger partial charge in [0.2, 0.25) is 0 Å². The highest BCUT2D eigenvalue weighted by Gasteiger charge is 2.52. The Hall–Kier alpha value is -1.36. The molecular formula is C14H23NO4. The van der Waals surface area contributed by atoms with Crippen molar-refractivity contribution in [1.29, 1.82) is 0 Å². The molecule has 1 heterocycles. The van der Waals surface area contributed by atoms with Crippen molar-refractivity contribution in [2.75, 3.05) is 0 Å². The van der Waals surface area contributed by atoms with E-state index in [0.29, 0.717) is 0 Å². The normalized spacial score (nSPS) is 24.6. The molecule has 1 N–H and O–H groups in total. The number of hydrogen-bond donors (Lipinski definition) is 1. The highest BCUT2D eigenvalue weighted by Crippen LogP contribution is 2.35. The van der Waals surface area contributed by atoms with E-state index in [1.807, 2.05) is 13.8 Å². The number of nitrogens with zero attached hydrogens (tertiary/aromatic N) is 1. The van der Waals surface area contributed by atoms with E-state index >= 15 is 0 Å². The van der Waals surface area contributed by atoms with Crippen molar-refractivity contribution >= 4 is 12.0 Å². The molecule has 0 saturated carbocycles. The number of carbonyl (C=O) groups is 2. The molecule has 19 heavy (non-hydrogen) atoms. The summed E-state index contributed by atoms with van der Waals surface area (Å²) < 4.78 is 5.29. The Bertz CT molecular complexity index is 410. The van der Waals surface area contributed by atoms with Gasteiger partial charge in [0, 0.05) is 5.57 Å². The van der Waals surface area contributed by atoms with Gasteiger partial charge in [0.1, 0.15) is 5.60 Å². The number of aliphatic hydroxyl groups is 1. The SMILES string of the molecule is C/C=C(/C(=O)N1C(=O)OC(C)(C)C1C(C)C)C(C)O. The van der Waals surface area contributed by atoms with Crippen molar-refractivity contribution in [2.45, 2.75) is 59.3 Å². The second kappa shape index (κ2) is 5.33. The lowest BCUT2D eigenvalue weighted by molar-refractivity contribution is -0.127. The van der Waals surface area contributed by atoms with Crippen LogP contribution in [-0.4, -0.2) is 39.8 Å². The Morgan fingerprint density at radius 3 is 2.32 bits per heavy atom. The van der Waals surface area contributed by atoms with Crippen LogP contribution in [0.5, 0.6) is 0 Å². The average Bonchev–Trinajstić information content (AvgIpc) is 2.47. The van der Waals surface area contributed by atoms with Crippen LogP contribution in [-0.2, 0) is 9.53 Å². The predicted octanol–water partition coefficient (Wildman–Crippen LogP) is 2.10. The first-order chi connectivity index (χ1) is 8.63. The fourth-order valence-electron chi connectivity index (χ4n) is 2.75. The maximum atomic E-state index is 12.4. The minimum atomic E-state index is -0.915. The molecule has 108 valence electrons. The van der Waals surface area contributed by atoms with Gasteiger partial charge >= 0.3 is 6.09 Å². The summed E-state index contributed by atoms with van der Waals surface area (Å²) in [4.78, 5) is 25.5. The fourth-order valence-corrected chi connectivity index (χ4v) is 2.75. The van der Waals surface area contributed by atoms with Crippen molar-refractivity contribution < 1.29 is 19.4 Å². The van der Waals surface area contributed by atoms with Gasteiger partial charge < -0.3 is 9.84 Å². The molecule has 1 saturated heterocycles. The summed E-state index contributed by atoms with van der Waals surface area (Å²) >= 11 is 0. The van der Waals surface area contributed by atoms with Crippen molar-refractivity contribution in [3.63, 3.8) is 0 Å². The van der Waals surface area contributed by atoms with Gasteiger partial charge in [0.25, 0.3) is 5.91 Å². The summed E-state index contributed by atoms with van der Waals surface area (Å²) in [5.74, 6) is -0.413. The molecular weight excluding hydrogens is 246 g/mol. The highest BCUT2D eigenvalue weighted by molar-refractivity contribution is 6.04. The molecule has 0 aromatic carbocycles. The Morgan fingerprint density at radius 2 is 1.95 bits per heavy atom. The van der Waals surface area contributed by atoms with Gasteiger partial charge in [-0.15, -0.1) is 0 Å². The molecule has 2 atom stereocenters. The number of hydrogen-bond acceptors (Lipinski definition) is 4. The molecule has 1 aliphatic heterocycles. The van der Waals surface area contributed by atoms with Gasteiger partial charge in [0.15, 0.2) is 0 Å². The van der Waals surface area contributed by atoms with Crippen LogP contribution in [0, 0.1) is 5.92 Å². The van der Waals surface area contributed by atoms with Crippen LogP contribution >= 0.6 is 0 Å². The maximum absolute atomic E-state index is 12.4. The van der Waals surface area contributed by atoms with Crippen LogP contribution in [0.1, 0.15) is 41.5 Å². The van der Waals surface area contributed by atoms with Gasteiger partial charge in [-0.1, -0.05) is 19.9 Å². The fraction of sp³-hybridized carbons (Fsp3) is 0.714. The smallest absolute Gasteiger partial charge is 0.417 e. The van der Waals surface area contributed by atoms with Gasteiger partial charge in [-0.25, -0.2) is 9.69 Å². The number of carbonyl (C=O) groups excluding carboxylic acids is 2. The maximum Gasteiger partial charge on any atom is 0.417 e. The highest BCUT2D eigenvalue weighted by atomic mass is 16.6. The van der Waals surface area contributed by atoms with E-state index in [-0.39, 0.29) is 17.5 Å². The molecule has 2 unspecified atom stereocenters. The molecule has 1 aliphatic rings.